The second-order valence-corrected chi connectivity index (χ2v) is 8.09. The maximum absolute atomic E-state index is 13.0. The SMILES string of the molecule is C=CC(=O)NC1CC(c2cccc(C3CCN(Cc4ccccc4)[N+]3=O)c2)CCN1. The standard InChI is InChI=1S/C24H28N4O2/c1-2-24(29)26-23-16-20(11-13-25-23)19-9-6-10-21(15-19)22-12-14-27(28(22)30)17-18-7-4-3-5-8-18/h2-10,15,20,22-23,25H,1,11-14,16-17H2/p+1. The Morgan fingerprint density at radius 3 is 2.77 bits per heavy atom. The number of hydrazine groups is 1. The van der Waals surface area contributed by atoms with Crippen LogP contribution in [0.5, 0.6) is 0 Å². The van der Waals surface area contributed by atoms with Gasteiger partial charge in [-0.05, 0) is 48.6 Å². The van der Waals surface area contributed by atoms with E-state index in [0.29, 0.717) is 12.5 Å². The van der Waals surface area contributed by atoms with Crippen molar-refractivity contribution in [2.75, 3.05) is 13.1 Å². The highest BCUT2D eigenvalue weighted by Crippen LogP contribution is 2.33. The first-order valence-corrected chi connectivity index (χ1v) is 10.7. The van der Waals surface area contributed by atoms with Crippen molar-refractivity contribution in [3.8, 4) is 0 Å². The van der Waals surface area contributed by atoms with Gasteiger partial charge in [-0.15, -0.1) is 5.01 Å². The zero-order valence-electron chi connectivity index (χ0n) is 17.2. The Kier molecular flexibility index (Phi) is 6.23. The molecule has 2 heterocycles. The number of hydrogen-bond donors (Lipinski definition) is 2. The minimum Gasteiger partial charge on any atom is -0.337 e. The van der Waals surface area contributed by atoms with Crippen LogP contribution in [-0.4, -0.2) is 35.0 Å². The zero-order chi connectivity index (χ0) is 20.9. The molecule has 2 fully saturated rings. The quantitative estimate of drug-likeness (QED) is 0.571. The second kappa shape index (κ2) is 9.22. The largest absolute Gasteiger partial charge is 0.337 e. The van der Waals surface area contributed by atoms with Gasteiger partial charge in [0.15, 0.2) is 0 Å². The monoisotopic (exact) mass is 405 g/mol. The minimum atomic E-state index is -0.159. The first-order chi connectivity index (χ1) is 14.6. The van der Waals surface area contributed by atoms with E-state index in [0.717, 1.165) is 48.3 Å². The summed E-state index contributed by atoms with van der Waals surface area (Å²) in [7, 11) is 0. The molecule has 156 valence electrons. The fourth-order valence-corrected chi connectivity index (χ4v) is 4.50. The highest BCUT2D eigenvalue weighted by Gasteiger charge is 2.41. The van der Waals surface area contributed by atoms with E-state index < -0.39 is 0 Å². The summed E-state index contributed by atoms with van der Waals surface area (Å²) in [5.74, 6) is 0.191. The molecule has 1 amide bonds. The van der Waals surface area contributed by atoms with Gasteiger partial charge >= 0.3 is 0 Å². The number of nitroso groups, excluding NO2 is 1. The number of piperidine rings is 1. The van der Waals surface area contributed by atoms with Crippen LogP contribution < -0.4 is 10.6 Å². The van der Waals surface area contributed by atoms with Crippen molar-refractivity contribution in [1.29, 1.82) is 0 Å². The predicted octanol–water partition coefficient (Wildman–Crippen LogP) is 3.42. The molecular formula is C24H29N4O2+. The third-order valence-corrected chi connectivity index (χ3v) is 6.09. The summed E-state index contributed by atoms with van der Waals surface area (Å²) in [6.07, 6.45) is 3.91. The van der Waals surface area contributed by atoms with Crippen molar-refractivity contribution in [2.24, 2.45) is 0 Å². The lowest BCUT2D eigenvalue weighted by Crippen LogP contribution is -2.49. The summed E-state index contributed by atoms with van der Waals surface area (Å²) in [4.78, 5) is 25.8. The Balaban J connectivity index is 1.44. The van der Waals surface area contributed by atoms with Crippen LogP contribution in [0.15, 0.2) is 67.3 Å². The van der Waals surface area contributed by atoms with Crippen molar-refractivity contribution < 1.29 is 9.66 Å². The summed E-state index contributed by atoms with van der Waals surface area (Å²) < 4.78 is 0. The fraction of sp³-hybridized carbons (Fsp3) is 0.375. The molecule has 2 aliphatic heterocycles. The maximum atomic E-state index is 13.0. The van der Waals surface area contributed by atoms with Crippen molar-refractivity contribution in [3.63, 3.8) is 0 Å². The molecule has 6 heteroatoms. The molecule has 30 heavy (non-hydrogen) atoms. The van der Waals surface area contributed by atoms with Gasteiger partial charge < -0.3 is 5.32 Å². The van der Waals surface area contributed by atoms with Crippen molar-refractivity contribution in [1.82, 2.24) is 15.6 Å². The molecule has 4 rings (SSSR count). The average molecular weight is 406 g/mol. The van der Waals surface area contributed by atoms with Crippen LogP contribution in [0.25, 0.3) is 0 Å². The molecule has 2 saturated heterocycles. The molecule has 2 aromatic carbocycles. The van der Waals surface area contributed by atoms with Gasteiger partial charge in [0.2, 0.25) is 5.91 Å². The van der Waals surface area contributed by atoms with E-state index >= 15 is 0 Å². The van der Waals surface area contributed by atoms with Crippen molar-refractivity contribution >= 4 is 5.91 Å². The molecule has 0 spiro atoms. The van der Waals surface area contributed by atoms with Gasteiger partial charge in [0, 0.05) is 12.0 Å². The molecule has 0 radical (unpaired) electrons. The number of carbonyl (C=O) groups is 1. The maximum Gasteiger partial charge on any atom is 0.261 e. The number of hydrogen-bond acceptors (Lipinski definition) is 3. The lowest BCUT2D eigenvalue weighted by atomic mass is 9.87. The lowest BCUT2D eigenvalue weighted by molar-refractivity contribution is -0.720. The van der Waals surface area contributed by atoms with E-state index in [1.54, 1.807) is 0 Å². The highest BCUT2D eigenvalue weighted by atomic mass is 16.3. The number of benzene rings is 2. The van der Waals surface area contributed by atoms with Crippen molar-refractivity contribution in [3.05, 3.63) is 88.8 Å². The summed E-state index contributed by atoms with van der Waals surface area (Å²) in [6.45, 7) is 5.77. The summed E-state index contributed by atoms with van der Waals surface area (Å²) in [6, 6.07) is 18.4. The van der Waals surface area contributed by atoms with Gasteiger partial charge in [0.05, 0.1) is 17.6 Å². The molecule has 0 bridgehead atoms. The summed E-state index contributed by atoms with van der Waals surface area (Å²) in [5, 5.41) is 8.17. The first-order valence-electron chi connectivity index (χ1n) is 10.7. The highest BCUT2D eigenvalue weighted by molar-refractivity contribution is 5.87. The van der Waals surface area contributed by atoms with E-state index in [4.69, 9.17) is 0 Å². The van der Waals surface area contributed by atoms with Crippen LogP contribution in [0.4, 0.5) is 0 Å². The molecular weight excluding hydrogens is 376 g/mol. The number of amides is 1. The Labute approximate surface area is 177 Å². The molecule has 2 aliphatic rings. The van der Waals surface area contributed by atoms with Crippen LogP contribution in [0, 0.1) is 4.91 Å². The third-order valence-electron chi connectivity index (χ3n) is 6.09. The van der Waals surface area contributed by atoms with E-state index in [-0.39, 0.29) is 18.1 Å². The van der Waals surface area contributed by atoms with Gasteiger partial charge in [0.1, 0.15) is 11.4 Å². The molecule has 3 unspecified atom stereocenters. The average Bonchev–Trinajstić information content (AvgIpc) is 3.14. The van der Waals surface area contributed by atoms with Gasteiger partial charge in [0.25, 0.3) is 6.04 Å². The number of rotatable bonds is 6. The number of nitrogens with zero attached hydrogens (tertiary/aromatic N) is 2. The second-order valence-electron chi connectivity index (χ2n) is 8.09. The third kappa shape index (κ3) is 4.60. The van der Waals surface area contributed by atoms with E-state index in [9.17, 15) is 9.70 Å². The van der Waals surface area contributed by atoms with E-state index in [1.165, 1.54) is 11.6 Å². The molecule has 3 atom stereocenters. The van der Waals surface area contributed by atoms with Gasteiger partial charge in [-0.1, -0.05) is 55.1 Å². The zero-order valence-corrected chi connectivity index (χ0v) is 17.2. The van der Waals surface area contributed by atoms with Crippen LogP contribution in [-0.2, 0) is 11.3 Å². The topological polar surface area (TPSA) is 64.5 Å². The summed E-state index contributed by atoms with van der Waals surface area (Å²) >= 11 is 0. The molecule has 6 nitrogen and oxygen atoms in total. The van der Waals surface area contributed by atoms with Crippen LogP contribution in [0.1, 0.15) is 47.9 Å². The first kappa shape index (κ1) is 20.3. The molecule has 2 N–H and O–H groups in total. The Morgan fingerprint density at radius 1 is 1.17 bits per heavy atom. The molecule has 2 aromatic rings. The smallest absolute Gasteiger partial charge is 0.261 e. The summed E-state index contributed by atoms with van der Waals surface area (Å²) in [5.41, 5.74) is 3.46. The molecule has 0 saturated carbocycles. The number of carbonyl (C=O) groups excluding carboxylic acids is 1. The Morgan fingerprint density at radius 2 is 1.97 bits per heavy atom. The van der Waals surface area contributed by atoms with Gasteiger partial charge in [-0.2, -0.15) is 0 Å². The van der Waals surface area contributed by atoms with E-state index in [1.807, 2.05) is 23.2 Å². The molecule has 0 aliphatic carbocycles. The Bertz CT molecular complexity index is 914. The van der Waals surface area contributed by atoms with E-state index in [2.05, 4.69) is 53.6 Å². The van der Waals surface area contributed by atoms with Crippen molar-refractivity contribution in [2.45, 2.75) is 43.9 Å². The Hall–Kier alpha value is -2.99. The van der Waals surface area contributed by atoms with Crippen LogP contribution >= 0.6 is 0 Å². The fourth-order valence-electron chi connectivity index (χ4n) is 4.50. The van der Waals surface area contributed by atoms with Crippen LogP contribution in [0.2, 0.25) is 0 Å². The van der Waals surface area contributed by atoms with Gasteiger partial charge in [-0.25, -0.2) is 0 Å². The predicted molar refractivity (Wildman–Crippen MR) is 116 cm³/mol. The normalized spacial score (nSPS) is 23.9. The van der Waals surface area contributed by atoms with Crippen LogP contribution in [0.3, 0.4) is 0 Å². The van der Waals surface area contributed by atoms with Gasteiger partial charge in [-0.3, -0.25) is 10.1 Å². The molecule has 0 aromatic heterocycles. The number of nitrogens with one attached hydrogen (secondary N) is 2. The minimum absolute atomic E-state index is 0.0539. The lowest BCUT2D eigenvalue weighted by Gasteiger charge is -2.31.